The Morgan fingerprint density at radius 2 is 1.42 bits per heavy atom. The number of hydrogen-bond donors (Lipinski definition) is 5. The molecule has 2 atom stereocenters. The van der Waals surface area contributed by atoms with E-state index in [9.17, 15) is 29.4 Å². The van der Waals surface area contributed by atoms with Crippen LogP contribution in [0, 0.1) is 11.8 Å². The number of ether oxygens (including phenoxy) is 2. The number of nitrogens with zero attached hydrogens (tertiary/aromatic N) is 2. The van der Waals surface area contributed by atoms with Crippen LogP contribution in [0.3, 0.4) is 0 Å². The van der Waals surface area contributed by atoms with Gasteiger partial charge in [0, 0.05) is 49.7 Å². The van der Waals surface area contributed by atoms with Gasteiger partial charge in [0.2, 0.25) is 11.5 Å². The lowest BCUT2D eigenvalue weighted by atomic mass is 9.91. The molecule has 5 aromatic carbocycles. The number of H-pyrrole nitrogens is 1. The Kier molecular flexibility index (Phi) is 15.8. The molecule has 0 saturated carbocycles. The maximum atomic E-state index is 13.8. The van der Waals surface area contributed by atoms with Crippen LogP contribution in [-0.2, 0) is 27.4 Å². The van der Waals surface area contributed by atoms with E-state index in [2.05, 4.69) is 44.8 Å². The van der Waals surface area contributed by atoms with Crippen molar-refractivity contribution in [3.63, 3.8) is 0 Å². The van der Waals surface area contributed by atoms with Gasteiger partial charge < -0.3 is 40.2 Å². The minimum absolute atomic E-state index is 0.0701. The van der Waals surface area contributed by atoms with Crippen LogP contribution in [0.5, 0.6) is 11.5 Å². The van der Waals surface area contributed by atoms with E-state index < -0.39 is 12.0 Å². The summed E-state index contributed by atoms with van der Waals surface area (Å²) in [5, 5.41) is 27.5. The van der Waals surface area contributed by atoms with E-state index in [1.165, 1.54) is 17.7 Å². The summed E-state index contributed by atoms with van der Waals surface area (Å²) in [6.45, 7) is 5.46. The number of aromatic hydroxyl groups is 1. The molecule has 348 valence electrons. The second-order valence-corrected chi connectivity index (χ2v) is 17.7. The van der Waals surface area contributed by atoms with Crippen molar-refractivity contribution in [3.8, 4) is 11.5 Å². The Labute approximate surface area is 390 Å². The van der Waals surface area contributed by atoms with Gasteiger partial charge in [-0.2, -0.15) is 0 Å². The monoisotopic (exact) mass is 905 g/mol. The highest BCUT2D eigenvalue weighted by Crippen LogP contribution is 2.31. The first-order valence-corrected chi connectivity index (χ1v) is 23.3. The minimum atomic E-state index is -0.895. The fraction of sp³-hybridized carbons (Fsp3) is 0.333. The summed E-state index contributed by atoms with van der Waals surface area (Å²) in [6.07, 6.45) is 2.62. The van der Waals surface area contributed by atoms with Crippen molar-refractivity contribution in [2.75, 3.05) is 52.5 Å². The number of phenols is 1. The molecule has 2 amide bonds. The van der Waals surface area contributed by atoms with Crippen molar-refractivity contribution < 1.29 is 34.1 Å². The van der Waals surface area contributed by atoms with Crippen LogP contribution in [0.1, 0.15) is 75.9 Å². The summed E-state index contributed by atoms with van der Waals surface area (Å²) in [4.78, 5) is 58.5. The number of carbonyl (C=O) groups excluding carboxylic acids is 3. The molecular formula is C54H59N5O8. The molecule has 0 aliphatic carbocycles. The van der Waals surface area contributed by atoms with Crippen molar-refractivity contribution in [1.29, 1.82) is 0 Å². The van der Waals surface area contributed by atoms with Gasteiger partial charge in [-0.1, -0.05) is 91.0 Å². The van der Waals surface area contributed by atoms with Crippen LogP contribution in [0.15, 0.2) is 138 Å². The number of phenolic OH excluding ortho intramolecular Hbond substituents is 1. The van der Waals surface area contributed by atoms with Crippen molar-refractivity contribution >= 4 is 28.7 Å². The van der Waals surface area contributed by atoms with Gasteiger partial charge in [-0.25, -0.2) is 0 Å². The van der Waals surface area contributed by atoms with E-state index in [1.54, 1.807) is 29.2 Å². The maximum Gasteiger partial charge on any atom is 0.317 e. The third-order valence-corrected chi connectivity index (χ3v) is 13.0. The Morgan fingerprint density at radius 1 is 0.731 bits per heavy atom. The number of amides is 2. The normalized spacial score (nSPS) is 15.7. The molecule has 6 aromatic rings. The summed E-state index contributed by atoms with van der Waals surface area (Å²) in [6, 6.07) is 41.0. The number of fused-ring (bicyclic) bond motifs is 1. The highest BCUT2D eigenvalue weighted by molar-refractivity contribution is 5.96. The number of esters is 1. The summed E-state index contributed by atoms with van der Waals surface area (Å²) in [5.74, 6) is -0.141. The SMILES string of the molecule is O=C(NCC(=O)N1CCC(COc2cccc(C(C(=O)OCC3CCN(Cc4ccccc4)CC3)c3ccccc3)c2)CC1)c1ccc(CNCC(O)c2ccc(O)c3[nH]c(=O)ccc23)cc1. The Balaban J connectivity index is 0.749. The van der Waals surface area contributed by atoms with Crippen LogP contribution < -0.4 is 20.9 Å². The van der Waals surface area contributed by atoms with Crippen LogP contribution in [0.25, 0.3) is 10.9 Å². The molecule has 67 heavy (non-hydrogen) atoms. The first kappa shape index (κ1) is 46.7. The molecule has 0 bridgehead atoms. The van der Waals surface area contributed by atoms with Crippen LogP contribution in [0.4, 0.5) is 0 Å². The zero-order valence-corrected chi connectivity index (χ0v) is 37.6. The summed E-state index contributed by atoms with van der Waals surface area (Å²) in [7, 11) is 0. The first-order valence-electron chi connectivity index (χ1n) is 23.3. The number of aliphatic hydroxyl groups excluding tert-OH is 1. The molecule has 13 nitrogen and oxygen atoms in total. The third-order valence-electron chi connectivity index (χ3n) is 13.0. The number of benzene rings is 5. The lowest BCUT2D eigenvalue weighted by molar-refractivity contribution is -0.146. The molecule has 2 aliphatic rings. The van der Waals surface area contributed by atoms with Gasteiger partial charge in [0.15, 0.2) is 0 Å². The maximum absolute atomic E-state index is 13.8. The molecular weight excluding hydrogens is 847 g/mol. The van der Waals surface area contributed by atoms with Crippen molar-refractivity contribution in [3.05, 3.63) is 177 Å². The largest absolute Gasteiger partial charge is 0.506 e. The van der Waals surface area contributed by atoms with Crippen LogP contribution in [0.2, 0.25) is 0 Å². The molecule has 3 heterocycles. The van der Waals surface area contributed by atoms with Gasteiger partial charge in [-0.15, -0.1) is 0 Å². The van der Waals surface area contributed by atoms with E-state index in [1.807, 2.05) is 72.8 Å². The van der Waals surface area contributed by atoms with Gasteiger partial charge in [0.05, 0.1) is 31.4 Å². The first-order chi connectivity index (χ1) is 32.7. The van der Waals surface area contributed by atoms with Crippen molar-refractivity contribution in [2.45, 2.75) is 50.8 Å². The van der Waals surface area contributed by atoms with Gasteiger partial charge in [0.1, 0.15) is 17.4 Å². The fourth-order valence-corrected chi connectivity index (χ4v) is 9.05. The third kappa shape index (κ3) is 12.6. The molecule has 0 radical (unpaired) electrons. The van der Waals surface area contributed by atoms with E-state index >= 15 is 0 Å². The summed E-state index contributed by atoms with van der Waals surface area (Å²) >= 11 is 0. The van der Waals surface area contributed by atoms with Gasteiger partial charge in [0.25, 0.3) is 5.91 Å². The number of aliphatic hydroxyl groups is 1. The van der Waals surface area contributed by atoms with Gasteiger partial charge >= 0.3 is 5.97 Å². The van der Waals surface area contributed by atoms with Crippen molar-refractivity contribution in [2.24, 2.45) is 11.8 Å². The average Bonchev–Trinajstić information content (AvgIpc) is 3.36. The number of aromatic nitrogens is 1. The quantitative estimate of drug-likeness (QED) is 0.0585. The lowest BCUT2D eigenvalue weighted by Gasteiger charge is -2.32. The zero-order chi connectivity index (χ0) is 46.5. The number of likely N-dealkylation sites (tertiary alicyclic amines) is 2. The van der Waals surface area contributed by atoms with E-state index in [-0.39, 0.29) is 53.6 Å². The molecule has 2 fully saturated rings. The number of carbonyl (C=O) groups is 3. The van der Waals surface area contributed by atoms with Gasteiger partial charge in [-0.05, 0) is 115 Å². The molecule has 2 aliphatic heterocycles. The number of hydrogen-bond acceptors (Lipinski definition) is 10. The van der Waals surface area contributed by atoms with E-state index in [4.69, 9.17) is 9.47 Å². The highest BCUT2D eigenvalue weighted by Gasteiger charge is 2.28. The van der Waals surface area contributed by atoms with Gasteiger partial charge in [-0.3, -0.25) is 24.1 Å². The minimum Gasteiger partial charge on any atom is -0.506 e. The Hall–Kier alpha value is -6.80. The number of nitrogens with one attached hydrogen (secondary N) is 3. The predicted molar refractivity (Wildman–Crippen MR) is 257 cm³/mol. The number of aromatic amines is 1. The lowest BCUT2D eigenvalue weighted by Crippen LogP contribution is -2.44. The number of rotatable bonds is 18. The van der Waals surface area contributed by atoms with E-state index in [0.29, 0.717) is 61.0 Å². The molecule has 5 N–H and O–H groups in total. The Bertz CT molecular complexity index is 2640. The van der Waals surface area contributed by atoms with Crippen LogP contribution >= 0.6 is 0 Å². The topological polar surface area (TPSA) is 174 Å². The highest BCUT2D eigenvalue weighted by atomic mass is 16.5. The van der Waals surface area contributed by atoms with Crippen LogP contribution in [-0.4, -0.2) is 95.3 Å². The molecule has 1 aromatic heterocycles. The molecule has 2 unspecified atom stereocenters. The summed E-state index contributed by atoms with van der Waals surface area (Å²) in [5.41, 5.74) is 4.83. The Morgan fingerprint density at radius 3 is 2.16 bits per heavy atom. The number of piperidine rings is 2. The molecule has 13 heteroatoms. The number of pyridine rings is 1. The predicted octanol–water partition coefficient (Wildman–Crippen LogP) is 6.69. The van der Waals surface area contributed by atoms with Crippen molar-refractivity contribution in [1.82, 2.24) is 25.4 Å². The fourth-order valence-electron chi connectivity index (χ4n) is 9.05. The second-order valence-electron chi connectivity index (χ2n) is 17.7. The molecule has 8 rings (SSSR count). The summed E-state index contributed by atoms with van der Waals surface area (Å²) < 4.78 is 12.4. The smallest absolute Gasteiger partial charge is 0.317 e. The standard InChI is InChI=1S/C54H59N5O8/c60-47-20-18-45(46-19-21-49(62)57-52(46)47)48(61)32-55-31-37-14-16-42(17-15-37)53(64)56-33-50(63)59-28-24-40(25-29-59)35-66-44-13-7-12-43(30-44)51(41-10-5-2-6-11-41)54(65)67-36-39-22-26-58(27-23-39)34-38-8-3-1-4-9-38/h1-21,30,39-40,48,51,55,60-61H,22-29,31-36H2,(H,56,64)(H,57,62). The second kappa shape index (κ2) is 22.6. The zero-order valence-electron chi connectivity index (χ0n) is 37.6. The van der Waals surface area contributed by atoms with E-state index in [0.717, 1.165) is 62.0 Å². The molecule has 2 saturated heterocycles. The average molecular weight is 906 g/mol. The molecule has 0 spiro atoms.